The predicted octanol–water partition coefficient (Wildman–Crippen LogP) is 2.30. The van der Waals surface area contributed by atoms with Crippen molar-refractivity contribution in [3.05, 3.63) is 42.5 Å². The second kappa shape index (κ2) is 7.50. The molecule has 2 amide bonds. The van der Waals surface area contributed by atoms with Crippen molar-refractivity contribution in [2.75, 3.05) is 18.8 Å². The zero-order valence-electron chi connectivity index (χ0n) is 13.2. The summed E-state index contributed by atoms with van der Waals surface area (Å²) in [5.41, 5.74) is 2.03. The molecule has 2 aromatic rings. The van der Waals surface area contributed by atoms with Crippen LogP contribution >= 0.6 is 11.8 Å². The second-order valence-corrected chi connectivity index (χ2v) is 6.92. The smallest absolute Gasteiger partial charge is 0.317 e. The van der Waals surface area contributed by atoms with E-state index >= 15 is 0 Å². The summed E-state index contributed by atoms with van der Waals surface area (Å²) in [5.74, 6) is 1.03. The van der Waals surface area contributed by atoms with E-state index < -0.39 is 0 Å². The van der Waals surface area contributed by atoms with Gasteiger partial charge in [0.15, 0.2) is 0 Å². The number of benzene rings is 1. The van der Waals surface area contributed by atoms with Gasteiger partial charge in [-0.2, -0.15) is 16.9 Å². The number of nitrogens with zero attached hydrogens (tertiary/aromatic N) is 4. The molecule has 0 radical (unpaired) electrons. The van der Waals surface area contributed by atoms with Gasteiger partial charge in [0.2, 0.25) is 0 Å². The van der Waals surface area contributed by atoms with Crippen molar-refractivity contribution < 1.29 is 4.79 Å². The normalized spacial score (nSPS) is 18.0. The van der Waals surface area contributed by atoms with Crippen molar-refractivity contribution in [3.63, 3.8) is 0 Å². The lowest BCUT2D eigenvalue weighted by Gasteiger charge is -2.31. The Bertz CT molecular complexity index is 628. The van der Waals surface area contributed by atoms with E-state index in [2.05, 4.69) is 22.3 Å². The summed E-state index contributed by atoms with van der Waals surface area (Å²) in [7, 11) is 0. The molecule has 0 unspecified atom stereocenters. The number of carbonyl (C=O) groups is 1. The van der Waals surface area contributed by atoms with Crippen molar-refractivity contribution in [1.82, 2.24) is 25.0 Å². The second-order valence-electron chi connectivity index (χ2n) is 5.51. The summed E-state index contributed by atoms with van der Waals surface area (Å²) in [6.45, 7) is 4.39. The summed E-state index contributed by atoms with van der Waals surface area (Å²) in [6.07, 6.45) is 4.28. The third-order valence-electron chi connectivity index (χ3n) is 3.94. The van der Waals surface area contributed by atoms with Gasteiger partial charge in [0, 0.05) is 30.6 Å². The fourth-order valence-corrected chi connectivity index (χ4v) is 3.73. The molecule has 3 rings (SSSR count). The van der Waals surface area contributed by atoms with Crippen LogP contribution in [0.15, 0.2) is 36.9 Å². The molecule has 122 valence electrons. The Morgan fingerprint density at radius 2 is 2.22 bits per heavy atom. The first-order valence-corrected chi connectivity index (χ1v) is 8.89. The Morgan fingerprint density at radius 1 is 1.39 bits per heavy atom. The first kappa shape index (κ1) is 15.9. The van der Waals surface area contributed by atoms with E-state index in [9.17, 15) is 4.79 Å². The molecule has 0 aliphatic carbocycles. The standard InChI is InChI=1S/C16H21N5OS/c1-2-15-10-20(7-8-23-15)16(22)18-9-13-3-5-14(6-4-13)21-12-17-11-19-21/h3-6,11-12,15H,2,7-10H2,1H3,(H,18,22)/t15-/m1/s1. The minimum atomic E-state index is 0.0316. The highest BCUT2D eigenvalue weighted by molar-refractivity contribution is 8.00. The minimum absolute atomic E-state index is 0.0316. The van der Waals surface area contributed by atoms with Crippen LogP contribution < -0.4 is 5.32 Å². The van der Waals surface area contributed by atoms with Crippen LogP contribution in [0.25, 0.3) is 5.69 Å². The molecular formula is C16H21N5OS. The molecule has 2 heterocycles. The lowest BCUT2D eigenvalue weighted by Crippen LogP contribution is -2.46. The van der Waals surface area contributed by atoms with Gasteiger partial charge in [-0.1, -0.05) is 19.1 Å². The summed E-state index contributed by atoms with van der Waals surface area (Å²) >= 11 is 1.96. The molecule has 1 aromatic carbocycles. The molecule has 1 aliphatic rings. The van der Waals surface area contributed by atoms with Crippen molar-refractivity contribution in [3.8, 4) is 5.69 Å². The van der Waals surface area contributed by atoms with Crippen molar-refractivity contribution in [2.45, 2.75) is 25.1 Å². The molecule has 1 saturated heterocycles. The highest BCUT2D eigenvalue weighted by atomic mass is 32.2. The topological polar surface area (TPSA) is 63.1 Å². The molecule has 1 N–H and O–H groups in total. The zero-order chi connectivity index (χ0) is 16.1. The highest BCUT2D eigenvalue weighted by Crippen LogP contribution is 2.21. The van der Waals surface area contributed by atoms with Gasteiger partial charge in [-0.15, -0.1) is 0 Å². The van der Waals surface area contributed by atoms with E-state index in [1.165, 1.54) is 6.33 Å². The van der Waals surface area contributed by atoms with Crippen LogP contribution in [-0.2, 0) is 6.54 Å². The van der Waals surface area contributed by atoms with E-state index in [0.29, 0.717) is 11.8 Å². The highest BCUT2D eigenvalue weighted by Gasteiger charge is 2.22. The Kier molecular flexibility index (Phi) is 5.17. The van der Waals surface area contributed by atoms with Crippen molar-refractivity contribution in [1.29, 1.82) is 0 Å². The monoisotopic (exact) mass is 331 g/mol. The lowest BCUT2D eigenvalue weighted by molar-refractivity contribution is 0.199. The predicted molar refractivity (Wildman–Crippen MR) is 91.7 cm³/mol. The number of carbonyl (C=O) groups excluding carboxylic acids is 1. The summed E-state index contributed by atoms with van der Waals surface area (Å²) in [6, 6.07) is 7.97. The van der Waals surface area contributed by atoms with E-state index in [-0.39, 0.29) is 6.03 Å². The molecule has 23 heavy (non-hydrogen) atoms. The average Bonchev–Trinajstić information content (AvgIpc) is 3.15. The molecule has 1 aliphatic heterocycles. The van der Waals surface area contributed by atoms with Gasteiger partial charge in [-0.05, 0) is 24.1 Å². The Morgan fingerprint density at radius 3 is 2.91 bits per heavy atom. The fraction of sp³-hybridized carbons (Fsp3) is 0.438. The van der Waals surface area contributed by atoms with Crippen LogP contribution in [0.5, 0.6) is 0 Å². The Labute approximate surface area is 140 Å². The quantitative estimate of drug-likeness (QED) is 0.934. The van der Waals surface area contributed by atoms with Crippen LogP contribution in [0.1, 0.15) is 18.9 Å². The van der Waals surface area contributed by atoms with Gasteiger partial charge in [0.25, 0.3) is 0 Å². The maximum Gasteiger partial charge on any atom is 0.317 e. The van der Waals surface area contributed by atoms with Crippen LogP contribution in [0, 0.1) is 0 Å². The summed E-state index contributed by atoms with van der Waals surface area (Å²) < 4.78 is 1.71. The Hall–Kier alpha value is -2.02. The molecule has 7 heteroatoms. The maximum atomic E-state index is 12.3. The largest absolute Gasteiger partial charge is 0.334 e. The van der Waals surface area contributed by atoms with Crippen molar-refractivity contribution in [2.24, 2.45) is 0 Å². The van der Waals surface area contributed by atoms with Crippen LogP contribution in [0.3, 0.4) is 0 Å². The fourth-order valence-electron chi connectivity index (χ4n) is 2.55. The number of aromatic nitrogens is 3. The zero-order valence-corrected chi connectivity index (χ0v) is 14.0. The number of urea groups is 1. The molecule has 1 fully saturated rings. The lowest BCUT2D eigenvalue weighted by atomic mass is 10.2. The number of thioether (sulfide) groups is 1. The van der Waals surface area contributed by atoms with Gasteiger partial charge >= 0.3 is 6.03 Å². The molecule has 0 saturated carbocycles. The molecule has 1 atom stereocenters. The van der Waals surface area contributed by atoms with Crippen LogP contribution in [0.4, 0.5) is 4.79 Å². The SMILES string of the molecule is CC[C@@H]1CN(C(=O)NCc2ccc(-n3cncn3)cc2)CCS1. The average molecular weight is 331 g/mol. The number of nitrogens with one attached hydrogen (secondary N) is 1. The third-order valence-corrected chi connectivity index (χ3v) is 5.32. The van der Waals surface area contributed by atoms with Gasteiger partial charge in [-0.25, -0.2) is 14.5 Å². The summed E-state index contributed by atoms with van der Waals surface area (Å²) in [5, 5.41) is 7.67. The van der Waals surface area contributed by atoms with E-state index in [0.717, 1.165) is 36.5 Å². The van der Waals surface area contributed by atoms with Crippen molar-refractivity contribution >= 4 is 17.8 Å². The van der Waals surface area contributed by atoms with Crippen LogP contribution in [0.2, 0.25) is 0 Å². The summed E-state index contributed by atoms with van der Waals surface area (Å²) in [4.78, 5) is 18.1. The first-order chi connectivity index (χ1) is 11.3. The van der Waals surface area contributed by atoms with E-state index in [1.807, 2.05) is 40.9 Å². The van der Waals surface area contributed by atoms with E-state index in [1.54, 1.807) is 11.0 Å². The minimum Gasteiger partial charge on any atom is -0.334 e. The molecule has 6 nitrogen and oxygen atoms in total. The van der Waals surface area contributed by atoms with E-state index in [4.69, 9.17) is 0 Å². The van der Waals surface area contributed by atoms with Gasteiger partial charge in [-0.3, -0.25) is 0 Å². The maximum absolute atomic E-state index is 12.3. The first-order valence-electron chi connectivity index (χ1n) is 7.84. The van der Waals surface area contributed by atoms with Gasteiger partial charge in [0.05, 0.1) is 5.69 Å². The Balaban J connectivity index is 1.52. The third kappa shape index (κ3) is 4.04. The van der Waals surface area contributed by atoms with Gasteiger partial charge in [0.1, 0.15) is 12.7 Å². The number of amides is 2. The molecule has 0 spiro atoms. The van der Waals surface area contributed by atoms with Crippen LogP contribution in [-0.4, -0.2) is 49.8 Å². The number of rotatable bonds is 4. The number of hydrogen-bond acceptors (Lipinski definition) is 4. The molecular weight excluding hydrogens is 310 g/mol. The molecule has 1 aromatic heterocycles. The number of hydrogen-bond donors (Lipinski definition) is 1. The molecule has 0 bridgehead atoms. The van der Waals surface area contributed by atoms with Gasteiger partial charge < -0.3 is 10.2 Å².